The standard InChI is InChI=1S/C22H15ClN2O4S2/c1-28-21(27)18-17(13-2-6-15(23)7-3-13)12-31-20(18)25-19(26)14-4-8-16(9-5-14)29-22-24-10-11-30-22/h2-12H,1H3,(H,25,26). The molecule has 0 spiro atoms. The minimum absolute atomic E-state index is 0.298. The van der Waals surface area contributed by atoms with Crippen LogP contribution in [0, 0.1) is 0 Å². The number of halogens is 1. The van der Waals surface area contributed by atoms with Crippen LogP contribution in [-0.4, -0.2) is 24.0 Å². The van der Waals surface area contributed by atoms with Gasteiger partial charge in [0.1, 0.15) is 16.3 Å². The first-order valence-corrected chi connectivity index (χ1v) is 11.1. The molecule has 0 aliphatic heterocycles. The van der Waals surface area contributed by atoms with E-state index >= 15 is 0 Å². The maximum absolute atomic E-state index is 12.8. The molecule has 2 aromatic carbocycles. The normalized spacial score (nSPS) is 10.5. The van der Waals surface area contributed by atoms with Crippen LogP contribution < -0.4 is 10.1 Å². The smallest absolute Gasteiger partial charge is 0.341 e. The van der Waals surface area contributed by atoms with Crippen LogP contribution in [0.3, 0.4) is 0 Å². The number of thiophene rings is 1. The Hall–Kier alpha value is -3.20. The molecule has 6 nitrogen and oxygen atoms in total. The lowest BCUT2D eigenvalue weighted by atomic mass is 10.0. The van der Waals surface area contributed by atoms with Gasteiger partial charge in [-0.05, 0) is 42.0 Å². The van der Waals surface area contributed by atoms with Crippen molar-refractivity contribution in [2.24, 2.45) is 0 Å². The number of anilines is 1. The molecule has 0 aliphatic rings. The Balaban J connectivity index is 1.56. The van der Waals surface area contributed by atoms with Crippen LogP contribution in [-0.2, 0) is 4.74 Å². The number of hydrogen-bond donors (Lipinski definition) is 1. The molecular weight excluding hydrogens is 456 g/mol. The van der Waals surface area contributed by atoms with Crippen molar-refractivity contribution in [3.05, 3.63) is 81.6 Å². The molecule has 4 rings (SSSR count). The molecule has 0 saturated carbocycles. The van der Waals surface area contributed by atoms with Gasteiger partial charge in [-0.25, -0.2) is 9.78 Å². The first-order chi connectivity index (χ1) is 15.0. The molecule has 0 fully saturated rings. The molecule has 1 amide bonds. The SMILES string of the molecule is COC(=O)c1c(-c2ccc(Cl)cc2)csc1NC(=O)c1ccc(Oc2nccs2)cc1. The summed E-state index contributed by atoms with van der Waals surface area (Å²) in [7, 11) is 1.30. The van der Waals surface area contributed by atoms with Gasteiger partial charge in [-0.1, -0.05) is 35.1 Å². The number of esters is 1. The number of ether oxygens (including phenoxy) is 2. The summed E-state index contributed by atoms with van der Waals surface area (Å²) in [4.78, 5) is 29.3. The van der Waals surface area contributed by atoms with Crippen molar-refractivity contribution in [2.75, 3.05) is 12.4 Å². The lowest BCUT2D eigenvalue weighted by Crippen LogP contribution is -2.14. The molecule has 0 radical (unpaired) electrons. The van der Waals surface area contributed by atoms with Crippen molar-refractivity contribution >= 4 is 51.2 Å². The van der Waals surface area contributed by atoms with Crippen LogP contribution in [0.15, 0.2) is 65.5 Å². The second-order valence-electron chi connectivity index (χ2n) is 6.23. The second-order valence-corrected chi connectivity index (χ2v) is 8.40. The molecule has 9 heteroatoms. The van der Waals surface area contributed by atoms with Crippen LogP contribution in [0.2, 0.25) is 5.02 Å². The van der Waals surface area contributed by atoms with E-state index < -0.39 is 5.97 Å². The third kappa shape index (κ3) is 4.77. The van der Waals surface area contributed by atoms with E-state index in [1.807, 2.05) is 17.5 Å². The summed E-state index contributed by atoms with van der Waals surface area (Å²) in [5.74, 6) is -0.313. The van der Waals surface area contributed by atoms with E-state index in [0.717, 1.165) is 5.56 Å². The number of benzene rings is 2. The van der Waals surface area contributed by atoms with E-state index in [1.54, 1.807) is 48.0 Å². The molecule has 2 heterocycles. The van der Waals surface area contributed by atoms with E-state index in [0.29, 0.717) is 37.7 Å². The fourth-order valence-corrected chi connectivity index (χ4v) is 4.39. The van der Waals surface area contributed by atoms with Crippen LogP contribution >= 0.6 is 34.3 Å². The summed E-state index contributed by atoms with van der Waals surface area (Å²) in [6, 6.07) is 13.8. The highest BCUT2D eigenvalue weighted by Crippen LogP contribution is 2.37. The molecule has 0 atom stereocenters. The van der Waals surface area contributed by atoms with Gasteiger partial charge in [-0.2, -0.15) is 0 Å². The van der Waals surface area contributed by atoms with Crippen LogP contribution in [0.25, 0.3) is 11.1 Å². The fourth-order valence-electron chi connectivity index (χ4n) is 2.81. The molecule has 1 N–H and O–H groups in total. The first kappa shape index (κ1) is 21.0. The lowest BCUT2D eigenvalue weighted by molar-refractivity contribution is 0.0603. The van der Waals surface area contributed by atoms with Crippen molar-refractivity contribution in [1.29, 1.82) is 0 Å². The summed E-state index contributed by atoms with van der Waals surface area (Å²) in [6.07, 6.45) is 1.65. The number of thiazole rings is 1. The first-order valence-electron chi connectivity index (χ1n) is 8.99. The molecule has 0 unspecified atom stereocenters. The summed E-state index contributed by atoms with van der Waals surface area (Å²) in [5, 5.41) is 7.95. The third-order valence-corrected chi connectivity index (χ3v) is 6.09. The maximum atomic E-state index is 12.8. The number of amides is 1. The van der Waals surface area contributed by atoms with E-state index in [9.17, 15) is 9.59 Å². The topological polar surface area (TPSA) is 77.5 Å². The number of carbonyl (C=O) groups is 2. The predicted octanol–water partition coefficient (Wildman–Crippen LogP) is 6.36. The van der Waals surface area contributed by atoms with Crippen molar-refractivity contribution in [2.45, 2.75) is 0 Å². The second kappa shape index (κ2) is 9.30. The zero-order chi connectivity index (χ0) is 21.8. The third-order valence-electron chi connectivity index (χ3n) is 4.29. The van der Waals surface area contributed by atoms with Crippen molar-refractivity contribution in [3.8, 4) is 22.1 Å². The largest absolute Gasteiger partial charge is 0.465 e. The zero-order valence-corrected chi connectivity index (χ0v) is 18.5. The molecule has 0 bridgehead atoms. The highest BCUT2D eigenvalue weighted by molar-refractivity contribution is 7.15. The van der Waals surface area contributed by atoms with Gasteiger partial charge in [0.25, 0.3) is 11.1 Å². The van der Waals surface area contributed by atoms with Gasteiger partial charge in [0, 0.05) is 33.1 Å². The number of aromatic nitrogens is 1. The van der Waals surface area contributed by atoms with Gasteiger partial charge in [-0.3, -0.25) is 4.79 Å². The van der Waals surface area contributed by atoms with E-state index in [4.69, 9.17) is 21.1 Å². The van der Waals surface area contributed by atoms with Crippen molar-refractivity contribution in [1.82, 2.24) is 4.98 Å². The van der Waals surface area contributed by atoms with E-state index in [-0.39, 0.29) is 5.91 Å². The molecule has 2 aromatic heterocycles. The Morgan fingerprint density at radius 3 is 2.42 bits per heavy atom. The molecule has 0 saturated heterocycles. The predicted molar refractivity (Wildman–Crippen MR) is 123 cm³/mol. The van der Waals surface area contributed by atoms with Gasteiger partial charge < -0.3 is 14.8 Å². The number of methoxy groups -OCH3 is 1. The monoisotopic (exact) mass is 470 g/mol. The molecule has 4 aromatic rings. The Kier molecular flexibility index (Phi) is 6.31. The fraction of sp³-hybridized carbons (Fsp3) is 0.0455. The number of carbonyl (C=O) groups excluding carboxylic acids is 2. The summed E-state index contributed by atoms with van der Waals surface area (Å²) < 4.78 is 10.5. The Morgan fingerprint density at radius 1 is 1.03 bits per heavy atom. The summed E-state index contributed by atoms with van der Waals surface area (Å²) in [5.41, 5.74) is 2.18. The van der Waals surface area contributed by atoms with Crippen molar-refractivity contribution in [3.63, 3.8) is 0 Å². The number of hydrogen-bond acceptors (Lipinski definition) is 7. The molecule has 156 valence electrons. The van der Waals surface area contributed by atoms with E-state index in [2.05, 4.69) is 10.3 Å². The van der Waals surface area contributed by atoms with Gasteiger partial charge >= 0.3 is 5.97 Å². The van der Waals surface area contributed by atoms with Gasteiger partial charge in [0.05, 0.1) is 7.11 Å². The van der Waals surface area contributed by atoms with Crippen LogP contribution in [0.5, 0.6) is 10.9 Å². The summed E-state index contributed by atoms with van der Waals surface area (Å²) in [6.45, 7) is 0. The Bertz CT molecular complexity index is 1200. The highest BCUT2D eigenvalue weighted by Gasteiger charge is 2.22. The minimum Gasteiger partial charge on any atom is -0.465 e. The highest BCUT2D eigenvalue weighted by atomic mass is 35.5. The van der Waals surface area contributed by atoms with Crippen LogP contribution in [0.1, 0.15) is 20.7 Å². The number of nitrogens with zero attached hydrogens (tertiary/aromatic N) is 1. The number of rotatable bonds is 6. The van der Waals surface area contributed by atoms with Gasteiger partial charge in [0.15, 0.2) is 0 Å². The maximum Gasteiger partial charge on any atom is 0.341 e. The Morgan fingerprint density at radius 2 is 1.77 bits per heavy atom. The average molecular weight is 471 g/mol. The summed E-state index contributed by atoms with van der Waals surface area (Å²) >= 11 is 8.59. The minimum atomic E-state index is -0.534. The molecule has 31 heavy (non-hydrogen) atoms. The van der Waals surface area contributed by atoms with Crippen LogP contribution in [0.4, 0.5) is 5.00 Å². The molecule has 0 aliphatic carbocycles. The zero-order valence-electron chi connectivity index (χ0n) is 16.1. The quantitative estimate of drug-likeness (QED) is 0.332. The van der Waals surface area contributed by atoms with Gasteiger partial charge in [0.2, 0.25) is 0 Å². The average Bonchev–Trinajstić information content (AvgIpc) is 3.44. The Labute approximate surface area is 191 Å². The van der Waals surface area contributed by atoms with Crippen molar-refractivity contribution < 1.29 is 19.1 Å². The molecular formula is C22H15ClN2O4S2. The van der Waals surface area contributed by atoms with E-state index in [1.165, 1.54) is 29.8 Å². The number of nitrogens with one attached hydrogen (secondary N) is 1. The van der Waals surface area contributed by atoms with Gasteiger partial charge in [-0.15, -0.1) is 11.3 Å². The lowest BCUT2D eigenvalue weighted by Gasteiger charge is -2.08.